The molecule has 0 radical (unpaired) electrons. The van der Waals surface area contributed by atoms with Gasteiger partial charge in [0.05, 0.1) is 5.56 Å². The van der Waals surface area contributed by atoms with Gasteiger partial charge in [0.15, 0.2) is 0 Å². The molecule has 2 rings (SSSR count). The maximum absolute atomic E-state index is 13.2. The Morgan fingerprint density at radius 2 is 2.05 bits per heavy atom. The summed E-state index contributed by atoms with van der Waals surface area (Å²) in [5.41, 5.74) is -1.48. The first-order chi connectivity index (χ1) is 9.36. The molecule has 1 aliphatic rings. The molecule has 110 valence electrons. The standard InChI is InChI=1S/C13H14F4N2O/c14-10-5-8(4-9(6-10)13(15,16)17)12(20)19-11-2-1-3-18-7-11/h4-6,11,18H,1-3,7H2,(H,19,20). The SMILES string of the molecule is O=C(NC1CCCNC1)c1cc(F)cc(C(F)(F)F)c1. The minimum atomic E-state index is -4.68. The zero-order valence-corrected chi connectivity index (χ0v) is 10.6. The fourth-order valence-corrected chi connectivity index (χ4v) is 2.13. The third-order valence-electron chi connectivity index (χ3n) is 3.12. The number of nitrogens with one attached hydrogen (secondary N) is 2. The van der Waals surface area contributed by atoms with E-state index in [1.807, 2.05) is 0 Å². The van der Waals surface area contributed by atoms with Crippen LogP contribution in [-0.2, 0) is 6.18 Å². The van der Waals surface area contributed by atoms with Crippen LogP contribution in [0, 0.1) is 5.82 Å². The van der Waals surface area contributed by atoms with Gasteiger partial charge in [-0.05, 0) is 37.6 Å². The molecule has 20 heavy (non-hydrogen) atoms. The molecular weight excluding hydrogens is 276 g/mol. The molecule has 3 nitrogen and oxygen atoms in total. The van der Waals surface area contributed by atoms with E-state index in [2.05, 4.69) is 10.6 Å². The number of halogens is 4. The summed E-state index contributed by atoms with van der Waals surface area (Å²) >= 11 is 0. The van der Waals surface area contributed by atoms with Crippen molar-refractivity contribution >= 4 is 5.91 Å². The summed E-state index contributed by atoms with van der Waals surface area (Å²) in [4.78, 5) is 11.9. The average Bonchev–Trinajstić information content (AvgIpc) is 2.38. The van der Waals surface area contributed by atoms with E-state index in [0.29, 0.717) is 18.7 Å². The number of amides is 1. The van der Waals surface area contributed by atoms with Gasteiger partial charge in [-0.3, -0.25) is 4.79 Å². The molecule has 7 heteroatoms. The third-order valence-corrected chi connectivity index (χ3v) is 3.12. The molecule has 1 aromatic rings. The molecular formula is C13H14F4N2O. The molecule has 0 aromatic heterocycles. The van der Waals surface area contributed by atoms with Crippen LogP contribution >= 0.6 is 0 Å². The van der Waals surface area contributed by atoms with E-state index in [4.69, 9.17) is 0 Å². The highest BCUT2D eigenvalue weighted by atomic mass is 19.4. The van der Waals surface area contributed by atoms with E-state index in [0.717, 1.165) is 25.5 Å². The Morgan fingerprint density at radius 1 is 1.30 bits per heavy atom. The molecule has 1 heterocycles. The second kappa shape index (κ2) is 5.78. The molecule has 0 spiro atoms. The fraction of sp³-hybridized carbons (Fsp3) is 0.462. The van der Waals surface area contributed by atoms with Crippen LogP contribution in [0.5, 0.6) is 0 Å². The van der Waals surface area contributed by atoms with Crippen LogP contribution < -0.4 is 10.6 Å². The van der Waals surface area contributed by atoms with E-state index >= 15 is 0 Å². The normalized spacial score (nSPS) is 19.7. The monoisotopic (exact) mass is 290 g/mol. The van der Waals surface area contributed by atoms with Crippen molar-refractivity contribution in [3.8, 4) is 0 Å². The first kappa shape index (κ1) is 14.8. The zero-order chi connectivity index (χ0) is 14.8. The second-order valence-electron chi connectivity index (χ2n) is 4.74. The molecule has 1 aliphatic heterocycles. The number of piperidine rings is 1. The molecule has 2 N–H and O–H groups in total. The lowest BCUT2D eigenvalue weighted by Gasteiger charge is -2.24. The Labute approximate surface area is 113 Å². The molecule has 1 aromatic carbocycles. The summed E-state index contributed by atoms with van der Waals surface area (Å²) in [6.45, 7) is 1.41. The summed E-state index contributed by atoms with van der Waals surface area (Å²) in [7, 11) is 0. The van der Waals surface area contributed by atoms with Gasteiger partial charge in [0.2, 0.25) is 0 Å². The lowest BCUT2D eigenvalue weighted by Crippen LogP contribution is -2.45. The van der Waals surface area contributed by atoms with Crippen molar-refractivity contribution in [1.29, 1.82) is 0 Å². The summed E-state index contributed by atoms with van der Waals surface area (Å²) in [6.07, 6.45) is -3.05. The fourth-order valence-electron chi connectivity index (χ4n) is 2.13. The Balaban J connectivity index is 2.14. The number of hydrogen-bond acceptors (Lipinski definition) is 2. The smallest absolute Gasteiger partial charge is 0.348 e. The quantitative estimate of drug-likeness (QED) is 0.821. The van der Waals surface area contributed by atoms with Gasteiger partial charge < -0.3 is 10.6 Å². The summed E-state index contributed by atoms with van der Waals surface area (Å²) in [5.74, 6) is -1.77. The van der Waals surface area contributed by atoms with Crippen LogP contribution in [0.1, 0.15) is 28.8 Å². The van der Waals surface area contributed by atoms with Crippen LogP contribution in [0.3, 0.4) is 0 Å². The predicted octanol–water partition coefficient (Wildman–Crippen LogP) is 2.33. The van der Waals surface area contributed by atoms with Gasteiger partial charge in [0.1, 0.15) is 5.82 Å². The highest BCUT2D eigenvalue weighted by Crippen LogP contribution is 2.30. The lowest BCUT2D eigenvalue weighted by atomic mass is 10.1. The van der Waals surface area contributed by atoms with Crippen molar-refractivity contribution in [2.75, 3.05) is 13.1 Å². The third kappa shape index (κ3) is 3.69. The number of hydrogen-bond donors (Lipinski definition) is 2. The van der Waals surface area contributed by atoms with Gasteiger partial charge in [-0.15, -0.1) is 0 Å². The first-order valence-corrected chi connectivity index (χ1v) is 6.25. The van der Waals surface area contributed by atoms with Gasteiger partial charge in [-0.1, -0.05) is 0 Å². The van der Waals surface area contributed by atoms with Gasteiger partial charge >= 0.3 is 6.18 Å². The highest BCUT2D eigenvalue weighted by Gasteiger charge is 2.32. The molecule has 0 aliphatic carbocycles. The van der Waals surface area contributed by atoms with Gasteiger partial charge in [0.25, 0.3) is 5.91 Å². The number of carbonyl (C=O) groups excluding carboxylic acids is 1. The van der Waals surface area contributed by atoms with Crippen LogP contribution in [0.4, 0.5) is 17.6 Å². The van der Waals surface area contributed by atoms with Crippen molar-refractivity contribution in [2.24, 2.45) is 0 Å². The Kier molecular flexibility index (Phi) is 4.27. The van der Waals surface area contributed by atoms with Crippen molar-refractivity contribution in [3.05, 3.63) is 35.1 Å². The van der Waals surface area contributed by atoms with E-state index in [1.165, 1.54) is 0 Å². The molecule has 0 bridgehead atoms. The van der Waals surface area contributed by atoms with Crippen molar-refractivity contribution < 1.29 is 22.4 Å². The maximum Gasteiger partial charge on any atom is 0.416 e. The van der Waals surface area contributed by atoms with Crippen molar-refractivity contribution in [1.82, 2.24) is 10.6 Å². The van der Waals surface area contributed by atoms with Crippen LogP contribution in [0.2, 0.25) is 0 Å². The van der Waals surface area contributed by atoms with Crippen molar-refractivity contribution in [2.45, 2.75) is 25.1 Å². The first-order valence-electron chi connectivity index (χ1n) is 6.25. The maximum atomic E-state index is 13.2. The number of alkyl halides is 3. The van der Waals surface area contributed by atoms with E-state index in [1.54, 1.807) is 0 Å². The molecule has 1 saturated heterocycles. The highest BCUT2D eigenvalue weighted by molar-refractivity contribution is 5.94. The zero-order valence-electron chi connectivity index (χ0n) is 10.6. The van der Waals surface area contributed by atoms with Crippen LogP contribution in [0.25, 0.3) is 0 Å². The van der Waals surface area contributed by atoms with E-state index < -0.39 is 23.5 Å². The molecule has 0 saturated carbocycles. The summed E-state index contributed by atoms with van der Waals surface area (Å²) < 4.78 is 50.9. The Hall–Kier alpha value is -1.63. The largest absolute Gasteiger partial charge is 0.416 e. The number of carbonyl (C=O) groups is 1. The minimum Gasteiger partial charge on any atom is -0.348 e. The van der Waals surface area contributed by atoms with Crippen molar-refractivity contribution in [3.63, 3.8) is 0 Å². The molecule has 1 fully saturated rings. The summed E-state index contributed by atoms with van der Waals surface area (Å²) in [5, 5.41) is 5.68. The van der Waals surface area contributed by atoms with Gasteiger partial charge in [-0.25, -0.2) is 4.39 Å². The minimum absolute atomic E-state index is 0.145. The topological polar surface area (TPSA) is 41.1 Å². The average molecular weight is 290 g/mol. The Morgan fingerprint density at radius 3 is 2.65 bits per heavy atom. The van der Waals surface area contributed by atoms with E-state index in [9.17, 15) is 22.4 Å². The predicted molar refractivity (Wildman–Crippen MR) is 64.8 cm³/mol. The van der Waals surface area contributed by atoms with Gasteiger partial charge in [0, 0.05) is 18.2 Å². The lowest BCUT2D eigenvalue weighted by molar-refractivity contribution is -0.137. The molecule has 1 atom stereocenters. The van der Waals surface area contributed by atoms with Crippen LogP contribution in [0.15, 0.2) is 18.2 Å². The number of benzene rings is 1. The van der Waals surface area contributed by atoms with Gasteiger partial charge in [-0.2, -0.15) is 13.2 Å². The van der Waals surface area contributed by atoms with E-state index in [-0.39, 0.29) is 11.6 Å². The Bertz CT molecular complexity index is 496. The molecule has 1 unspecified atom stereocenters. The van der Waals surface area contributed by atoms with Crippen LogP contribution in [-0.4, -0.2) is 25.0 Å². The number of rotatable bonds is 2. The second-order valence-corrected chi connectivity index (χ2v) is 4.74. The summed E-state index contributed by atoms with van der Waals surface area (Å²) in [6, 6.07) is 1.70. The molecule has 1 amide bonds.